The first-order valence-corrected chi connectivity index (χ1v) is 9.69. The second kappa shape index (κ2) is 8.48. The lowest BCUT2D eigenvalue weighted by atomic mass is 10.2. The molecule has 27 heavy (non-hydrogen) atoms. The van der Waals surface area contributed by atoms with E-state index in [0.717, 1.165) is 28.3 Å². The molecule has 0 saturated carbocycles. The van der Waals surface area contributed by atoms with Gasteiger partial charge in [0.05, 0.1) is 33.7 Å². The summed E-state index contributed by atoms with van der Waals surface area (Å²) < 4.78 is 1.90. The summed E-state index contributed by atoms with van der Waals surface area (Å²) in [4.78, 5) is 0. The molecule has 3 rings (SSSR count). The van der Waals surface area contributed by atoms with E-state index in [2.05, 4.69) is 15.7 Å². The predicted octanol–water partition coefficient (Wildman–Crippen LogP) is 6.32. The highest BCUT2D eigenvalue weighted by Crippen LogP contribution is 2.25. The van der Waals surface area contributed by atoms with Crippen molar-refractivity contribution in [2.24, 2.45) is 0 Å². The Labute approximate surface area is 178 Å². The first-order chi connectivity index (χ1) is 12.8. The number of nitrogens with one attached hydrogen (secondary N) is 2. The molecule has 2 N–H and O–H groups in total. The van der Waals surface area contributed by atoms with Gasteiger partial charge in [-0.05, 0) is 62.0 Å². The number of benzene rings is 2. The third kappa shape index (κ3) is 4.93. The summed E-state index contributed by atoms with van der Waals surface area (Å²) in [5, 5.41) is 13.1. The number of hydrogen-bond donors (Lipinski definition) is 2. The summed E-state index contributed by atoms with van der Waals surface area (Å²) in [5.41, 5.74) is 4.52. The number of anilines is 2. The van der Waals surface area contributed by atoms with Crippen LogP contribution in [0.2, 0.25) is 15.1 Å². The molecular weight excluding hydrogens is 423 g/mol. The minimum Gasteiger partial charge on any atom is -0.332 e. The van der Waals surface area contributed by atoms with Crippen LogP contribution in [0.25, 0.3) is 0 Å². The normalized spacial score (nSPS) is 10.7. The van der Waals surface area contributed by atoms with Gasteiger partial charge in [-0.25, -0.2) is 0 Å². The van der Waals surface area contributed by atoms with Crippen LogP contribution in [-0.2, 0) is 6.54 Å². The Kier molecular flexibility index (Phi) is 6.27. The summed E-state index contributed by atoms with van der Waals surface area (Å²) in [6.45, 7) is 4.50. The summed E-state index contributed by atoms with van der Waals surface area (Å²) in [5.74, 6) is 0. The highest BCUT2D eigenvalue weighted by atomic mass is 35.5. The van der Waals surface area contributed by atoms with Crippen LogP contribution in [0, 0.1) is 13.8 Å². The van der Waals surface area contributed by atoms with Crippen molar-refractivity contribution in [3.8, 4) is 0 Å². The number of aromatic nitrogens is 2. The Morgan fingerprint density at radius 1 is 1.04 bits per heavy atom. The van der Waals surface area contributed by atoms with Gasteiger partial charge >= 0.3 is 0 Å². The Bertz CT molecular complexity index is 1000. The third-order valence-electron chi connectivity index (χ3n) is 4.02. The van der Waals surface area contributed by atoms with Gasteiger partial charge in [0.1, 0.15) is 0 Å². The third-order valence-corrected chi connectivity index (χ3v) is 5.20. The van der Waals surface area contributed by atoms with Crippen molar-refractivity contribution in [1.29, 1.82) is 0 Å². The summed E-state index contributed by atoms with van der Waals surface area (Å²) in [6.07, 6.45) is 0. The van der Waals surface area contributed by atoms with Crippen molar-refractivity contribution in [2.45, 2.75) is 20.4 Å². The van der Waals surface area contributed by atoms with E-state index in [4.69, 9.17) is 47.0 Å². The fourth-order valence-corrected chi connectivity index (χ4v) is 3.42. The Morgan fingerprint density at radius 2 is 1.81 bits per heavy atom. The highest BCUT2D eigenvalue weighted by molar-refractivity contribution is 7.80. The molecule has 0 aliphatic carbocycles. The number of nitrogens with zero attached hydrogens (tertiary/aromatic N) is 2. The highest BCUT2D eigenvalue weighted by Gasteiger charge is 2.13. The zero-order chi connectivity index (χ0) is 19.6. The van der Waals surface area contributed by atoms with Crippen molar-refractivity contribution < 1.29 is 0 Å². The van der Waals surface area contributed by atoms with Crippen LogP contribution in [0.4, 0.5) is 11.4 Å². The van der Waals surface area contributed by atoms with E-state index in [1.807, 2.05) is 54.9 Å². The zero-order valence-electron chi connectivity index (χ0n) is 14.7. The number of rotatable bonds is 4. The largest absolute Gasteiger partial charge is 0.332 e. The van der Waals surface area contributed by atoms with Crippen molar-refractivity contribution in [1.82, 2.24) is 9.78 Å². The lowest BCUT2D eigenvalue weighted by Crippen LogP contribution is -2.20. The van der Waals surface area contributed by atoms with Gasteiger partial charge in [-0.1, -0.05) is 46.9 Å². The standard InChI is InChI=1S/C19H17Cl3N4S/c1-11-18(24-19(27)23-15-5-3-4-14(20)9-15)12(2)26(25-11)10-13-6-7-16(21)17(22)8-13/h3-9H,10H2,1-2H3,(H2,23,24,27). The van der Waals surface area contributed by atoms with Gasteiger partial charge in [0.25, 0.3) is 0 Å². The van der Waals surface area contributed by atoms with Gasteiger partial charge < -0.3 is 10.6 Å². The molecule has 140 valence electrons. The van der Waals surface area contributed by atoms with E-state index < -0.39 is 0 Å². The van der Waals surface area contributed by atoms with E-state index >= 15 is 0 Å². The Hall–Kier alpha value is -1.79. The maximum absolute atomic E-state index is 6.10. The molecule has 4 nitrogen and oxygen atoms in total. The second-order valence-electron chi connectivity index (χ2n) is 6.04. The zero-order valence-corrected chi connectivity index (χ0v) is 17.8. The SMILES string of the molecule is Cc1nn(Cc2ccc(Cl)c(Cl)c2)c(C)c1NC(=S)Nc1cccc(Cl)c1. The molecule has 0 unspecified atom stereocenters. The van der Waals surface area contributed by atoms with Gasteiger partial charge in [0.15, 0.2) is 5.11 Å². The van der Waals surface area contributed by atoms with Crippen LogP contribution < -0.4 is 10.6 Å². The van der Waals surface area contributed by atoms with E-state index in [1.54, 1.807) is 6.07 Å². The molecular formula is C19H17Cl3N4S. The molecule has 0 fully saturated rings. The number of halogens is 3. The average Bonchev–Trinajstić information content (AvgIpc) is 2.85. The molecule has 8 heteroatoms. The van der Waals surface area contributed by atoms with E-state index in [0.29, 0.717) is 26.7 Å². The van der Waals surface area contributed by atoms with Crippen LogP contribution in [0.1, 0.15) is 17.0 Å². The quantitative estimate of drug-likeness (QED) is 0.467. The van der Waals surface area contributed by atoms with Crippen molar-refractivity contribution in [3.63, 3.8) is 0 Å². The summed E-state index contributed by atoms with van der Waals surface area (Å²) >= 11 is 23.5. The predicted molar refractivity (Wildman–Crippen MR) is 119 cm³/mol. The van der Waals surface area contributed by atoms with Crippen LogP contribution in [-0.4, -0.2) is 14.9 Å². The molecule has 0 saturated heterocycles. The van der Waals surface area contributed by atoms with Gasteiger partial charge in [-0.15, -0.1) is 0 Å². The second-order valence-corrected chi connectivity index (χ2v) is 7.70. The molecule has 1 aromatic heterocycles. The molecule has 0 amide bonds. The lowest BCUT2D eigenvalue weighted by molar-refractivity contribution is 0.659. The molecule has 0 aliphatic rings. The first-order valence-electron chi connectivity index (χ1n) is 8.15. The van der Waals surface area contributed by atoms with Crippen molar-refractivity contribution >= 4 is 63.5 Å². The van der Waals surface area contributed by atoms with Gasteiger partial charge in [0, 0.05) is 10.7 Å². The summed E-state index contributed by atoms with van der Waals surface area (Å²) in [6, 6.07) is 12.9. The average molecular weight is 440 g/mol. The Balaban J connectivity index is 1.75. The fraction of sp³-hybridized carbons (Fsp3) is 0.158. The van der Waals surface area contributed by atoms with E-state index in [1.165, 1.54) is 0 Å². The smallest absolute Gasteiger partial charge is 0.175 e. The molecule has 2 aromatic carbocycles. The minimum atomic E-state index is 0.470. The van der Waals surface area contributed by atoms with Crippen LogP contribution in [0.5, 0.6) is 0 Å². The number of hydrogen-bond acceptors (Lipinski definition) is 2. The number of aryl methyl sites for hydroxylation is 1. The molecule has 0 spiro atoms. The number of thiocarbonyl (C=S) groups is 1. The van der Waals surface area contributed by atoms with Crippen molar-refractivity contribution in [3.05, 3.63) is 74.5 Å². The molecule has 0 aliphatic heterocycles. The van der Waals surface area contributed by atoms with Crippen LogP contribution in [0.15, 0.2) is 42.5 Å². The monoisotopic (exact) mass is 438 g/mol. The maximum Gasteiger partial charge on any atom is 0.175 e. The van der Waals surface area contributed by atoms with E-state index in [-0.39, 0.29) is 0 Å². The summed E-state index contributed by atoms with van der Waals surface area (Å²) in [7, 11) is 0. The van der Waals surface area contributed by atoms with Gasteiger partial charge in [-0.2, -0.15) is 5.10 Å². The van der Waals surface area contributed by atoms with Gasteiger partial charge in [-0.3, -0.25) is 4.68 Å². The minimum absolute atomic E-state index is 0.470. The van der Waals surface area contributed by atoms with Gasteiger partial charge in [0.2, 0.25) is 0 Å². The molecule has 0 atom stereocenters. The fourth-order valence-electron chi connectivity index (χ4n) is 2.68. The van der Waals surface area contributed by atoms with E-state index in [9.17, 15) is 0 Å². The van der Waals surface area contributed by atoms with Crippen LogP contribution in [0.3, 0.4) is 0 Å². The molecule has 0 radical (unpaired) electrons. The van der Waals surface area contributed by atoms with Crippen LogP contribution >= 0.6 is 47.0 Å². The first kappa shape index (κ1) is 20.0. The molecule has 1 heterocycles. The molecule has 0 bridgehead atoms. The maximum atomic E-state index is 6.10. The Morgan fingerprint density at radius 3 is 2.52 bits per heavy atom. The molecule has 3 aromatic rings. The van der Waals surface area contributed by atoms with Crippen molar-refractivity contribution in [2.75, 3.05) is 10.6 Å². The topological polar surface area (TPSA) is 41.9 Å². The lowest BCUT2D eigenvalue weighted by Gasteiger charge is -2.11.